The maximum atomic E-state index is 12.5. The first-order chi connectivity index (χ1) is 12.4. The van der Waals surface area contributed by atoms with Gasteiger partial charge in [-0.1, -0.05) is 57.9 Å². The van der Waals surface area contributed by atoms with Gasteiger partial charge in [-0.3, -0.25) is 9.59 Å². The largest absolute Gasteiger partial charge is 0.506 e. The Morgan fingerprint density at radius 3 is 2.73 bits per heavy atom. The number of likely N-dealkylation sites (tertiary alicyclic amines) is 1. The van der Waals surface area contributed by atoms with Crippen LogP contribution in [-0.2, 0) is 4.79 Å². The smallest absolute Gasteiger partial charge is 0.255 e. The van der Waals surface area contributed by atoms with Crippen LogP contribution in [0.4, 0.5) is 0 Å². The summed E-state index contributed by atoms with van der Waals surface area (Å²) in [5, 5.41) is 12.9. The van der Waals surface area contributed by atoms with Gasteiger partial charge in [0.25, 0.3) is 5.91 Å². The lowest BCUT2D eigenvalue weighted by molar-refractivity contribution is -0.127. The first-order valence-electron chi connectivity index (χ1n) is 8.15. The summed E-state index contributed by atoms with van der Waals surface area (Å²) in [6.07, 6.45) is 0.363. The molecule has 1 aliphatic rings. The number of carbonyl (C=O) groups is 2. The lowest BCUT2D eigenvalue weighted by atomic mass is 9.93. The highest BCUT2D eigenvalue weighted by atomic mass is 79.9. The predicted molar refractivity (Wildman–Crippen MR) is 103 cm³/mol. The Balaban J connectivity index is 1.76. The fourth-order valence-corrected chi connectivity index (χ4v) is 4.15. The SMILES string of the molecule is CN1C(=O)CC(CNC(=O)c2cc(Br)cc(Cl)c2O)C1c1ccccc1. The third-order valence-electron chi connectivity index (χ3n) is 4.63. The summed E-state index contributed by atoms with van der Waals surface area (Å²) >= 11 is 9.18. The van der Waals surface area contributed by atoms with Gasteiger partial charge in [0, 0.05) is 30.4 Å². The molecule has 0 spiro atoms. The van der Waals surface area contributed by atoms with Crippen molar-refractivity contribution >= 4 is 39.3 Å². The Kier molecular flexibility index (Phi) is 5.53. The molecule has 0 radical (unpaired) electrons. The second-order valence-corrected chi connectivity index (χ2v) is 7.64. The number of nitrogens with one attached hydrogen (secondary N) is 1. The van der Waals surface area contributed by atoms with Gasteiger partial charge in [0.2, 0.25) is 5.91 Å². The van der Waals surface area contributed by atoms with Gasteiger partial charge in [-0.2, -0.15) is 0 Å². The number of hydrogen-bond donors (Lipinski definition) is 2. The van der Waals surface area contributed by atoms with Gasteiger partial charge in [0.1, 0.15) is 5.75 Å². The molecule has 0 aromatic heterocycles. The Morgan fingerprint density at radius 2 is 2.04 bits per heavy atom. The Labute approximate surface area is 165 Å². The van der Waals surface area contributed by atoms with E-state index in [4.69, 9.17) is 11.6 Å². The molecule has 5 nitrogen and oxygen atoms in total. The quantitative estimate of drug-likeness (QED) is 0.765. The number of halogens is 2. The summed E-state index contributed by atoms with van der Waals surface area (Å²) < 4.78 is 0.600. The second kappa shape index (κ2) is 7.68. The predicted octanol–water partition coefficient (Wildman–Crippen LogP) is 3.76. The van der Waals surface area contributed by atoms with Crippen LogP contribution in [0.2, 0.25) is 5.02 Å². The molecular formula is C19H18BrClN2O3. The van der Waals surface area contributed by atoms with Crippen LogP contribution in [0.25, 0.3) is 0 Å². The number of phenols is 1. The summed E-state index contributed by atoms with van der Waals surface area (Å²) in [6.45, 7) is 0.318. The third-order valence-corrected chi connectivity index (χ3v) is 5.38. The Bertz CT molecular complexity index is 844. The monoisotopic (exact) mass is 436 g/mol. The molecule has 0 bridgehead atoms. The van der Waals surface area contributed by atoms with E-state index in [0.717, 1.165) is 5.56 Å². The number of benzene rings is 2. The lowest BCUT2D eigenvalue weighted by Crippen LogP contribution is -2.32. The van der Waals surface area contributed by atoms with E-state index in [1.807, 2.05) is 30.3 Å². The lowest BCUT2D eigenvalue weighted by Gasteiger charge is -2.25. The Hall–Kier alpha value is -2.05. The Morgan fingerprint density at radius 1 is 1.35 bits per heavy atom. The van der Waals surface area contributed by atoms with Crippen LogP contribution < -0.4 is 5.32 Å². The molecule has 2 atom stereocenters. The van der Waals surface area contributed by atoms with E-state index in [-0.39, 0.29) is 34.2 Å². The van der Waals surface area contributed by atoms with Crippen LogP contribution in [-0.4, -0.2) is 35.4 Å². The maximum absolute atomic E-state index is 12.5. The number of rotatable bonds is 4. The minimum absolute atomic E-state index is 0.0476. The van der Waals surface area contributed by atoms with Gasteiger partial charge in [0.05, 0.1) is 16.6 Å². The van der Waals surface area contributed by atoms with Crippen molar-refractivity contribution in [2.45, 2.75) is 12.5 Å². The van der Waals surface area contributed by atoms with E-state index < -0.39 is 5.91 Å². The standard InChI is InChI=1S/C19H18BrClN2O3/c1-23-16(24)7-12(17(23)11-5-3-2-4-6-11)10-22-19(26)14-8-13(20)9-15(21)18(14)25/h2-6,8-9,12,17,25H,7,10H2,1H3,(H,22,26). The molecule has 0 saturated carbocycles. The van der Waals surface area contributed by atoms with Crippen LogP contribution in [0.1, 0.15) is 28.4 Å². The van der Waals surface area contributed by atoms with Gasteiger partial charge >= 0.3 is 0 Å². The van der Waals surface area contributed by atoms with Gasteiger partial charge < -0.3 is 15.3 Å². The van der Waals surface area contributed by atoms with Gasteiger partial charge in [0.15, 0.2) is 0 Å². The van der Waals surface area contributed by atoms with Crippen LogP contribution in [0.5, 0.6) is 5.75 Å². The molecule has 26 heavy (non-hydrogen) atoms. The number of phenolic OH excluding ortho intramolecular Hbond substituents is 1. The van der Waals surface area contributed by atoms with Crippen LogP contribution in [0.3, 0.4) is 0 Å². The molecule has 3 rings (SSSR count). The van der Waals surface area contributed by atoms with Gasteiger partial charge in [-0.15, -0.1) is 0 Å². The van der Waals surface area contributed by atoms with Crippen molar-refractivity contribution in [1.82, 2.24) is 10.2 Å². The highest BCUT2D eigenvalue weighted by Gasteiger charge is 2.38. The molecular weight excluding hydrogens is 420 g/mol. The van der Waals surface area contributed by atoms with Crippen molar-refractivity contribution in [1.29, 1.82) is 0 Å². The first-order valence-corrected chi connectivity index (χ1v) is 9.32. The molecule has 1 fully saturated rings. The normalized spacial score (nSPS) is 19.7. The number of carbonyl (C=O) groups excluding carboxylic acids is 2. The highest BCUT2D eigenvalue weighted by Crippen LogP contribution is 2.37. The topological polar surface area (TPSA) is 69.6 Å². The number of aromatic hydroxyl groups is 1. The zero-order chi connectivity index (χ0) is 18.8. The molecule has 1 heterocycles. The van der Waals surface area contributed by atoms with E-state index >= 15 is 0 Å². The molecule has 136 valence electrons. The summed E-state index contributed by atoms with van der Waals surface area (Å²) in [6, 6.07) is 12.7. The summed E-state index contributed by atoms with van der Waals surface area (Å²) in [4.78, 5) is 26.4. The van der Waals surface area contributed by atoms with Crippen molar-refractivity contribution in [3.05, 3.63) is 63.1 Å². The summed E-state index contributed by atoms with van der Waals surface area (Å²) in [5.41, 5.74) is 1.13. The molecule has 2 aromatic rings. The minimum Gasteiger partial charge on any atom is -0.506 e. The summed E-state index contributed by atoms with van der Waals surface area (Å²) in [7, 11) is 1.78. The molecule has 0 aliphatic carbocycles. The van der Waals surface area contributed by atoms with Crippen LogP contribution in [0, 0.1) is 5.92 Å². The molecule has 2 N–H and O–H groups in total. The molecule has 7 heteroatoms. The molecule has 1 aliphatic heterocycles. The number of nitrogens with zero attached hydrogens (tertiary/aromatic N) is 1. The van der Waals surface area contributed by atoms with Crippen LogP contribution in [0.15, 0.2) is 46.9 Å². The zero-order valence-electron chi connectivity index (χ0n) is 14.1. The first kappa shape index (κ1) is 18.7. The fourth-order valence-electron chi connectivity index (χ4n) is 3.34. The second-order valence-electron chi connectivity index (χ2n) is 6.32. The third kappa shape index (κ3) is 3.71. The van der Waals surface area contributed by atoms with E-state index in [1.54, 1.807) is 11.9 Å². The maximum Gasteiger partial charge on any atom is 0.255 e. The van der Waals surface area contributed by atoms with Crippen molar-refractivity contribution in [3.63, 3.8) is 0 Å². The van der Waals surface area contributed by atoms with E-state index in [0.29, 0.717) is 17.4 Å². The number of hydrogen-bond acceptors (Lipinski definition) is 3. The zero-order valence-corrected chi connectivity index (χ0v) is 16.4. The van der Waals surface area contributed by atoms with Crippen molar-refractivity contribution in [3.8, 4) is 5.75 Å². The van der Waals surface area contributed by atoms with Gasteiger partial charge in [-0.25, -0.2) is 0 Å². The van der Waals surface area contributed by atoms with Crippen molar-refractivity contribution in [2.75, 3.05) is 13.6 Å². The van der Waals surface area contributed by atoms with E-state index in [2.05, 4.69) is 21.2 Å². The van der Waals surface area contributed by atoms with Crippen molar-refractivity contribution in [2.24, 2.45) is 5.92 Å². The molecule has 2 unspecified atom stereocenters. The summed E-state index contributed by atoms with van der Waals surface area (Å²) in [5.74, 6) is -0.693. The minimum atomic E-state index is -0.431. The average molecular weight is 438 g/mol. The molecule has 2 aromatic carbocycles. The molecule has 2 amide bonds. The van der Waals surface area contributed by atoms with Crippen LogP contribution >= 0.6 is 27.5 Å². The van der Waals surface area contributed by atoms with E-state index in [9.17, 15) is 14.7 Å². The number of amides is 2. The van der Waals surface area contributed by atoms with E-state index in [1.165, 1.54) is 12.1 Å². The fraction of sp³-hybridized carbons (Fsp3) is 0.263. The average Bonchev–Trinajstić information content (AvgIpc) is 2.91. The highest BCUT2D eigenvalue weighted by molar-refractivity contribution is 9.10. The molecule has 1 saturated heterocycles. The van der Waals surface area contributed by atoms with Crippen molar-refractivity contribution < 1.29 is 14.7 Å². The van der Waals surface area contributed by atoms with Gasteiger partial charge in [-0.05, 0) is 17.7 Å².